The van der Waals surface area contributed by atoms with E-state index in [0.29, 0.717) is 4.31 Å². The molecule has 2 aromatic carbocycles. The Morgan fingerprint density at radius 3 is 2.09 bits per heavy atom. The molecule has 0 aliphatic rings. The summed E-state index contributed by atoms with van der Waals surface area (Å²) in [5.74, 6) is -2.76. The first-order valence-electron chi connectivity index (χ1n) is 9.69. The molecule has 0 aliphatic carbocycles. The molecule has 0 saturated carbocycles. The predicted octanol–water partition coefficient (Wildman–Crippen LogP) is 1.74. The molecule has 2 rings (SSSR count). The van der Waals surface area contributed by atoms with E-state index >= 15 is 0 Å². The molecule has 32 heavy (non-hydrogen) atoms. The third kappa shape index (κ3) is 5.60. The zero-order valence-electron chi connectivity index (χ0n) is 18.2. The molecule has 0 radical (unpaired) electrons. The van der Waals surface area contributed by atoms with Crippen molar-refractivity contribution in [1.82, 2.24) is 14.5 Å². The Morgan fingerprint density at radius 1 is 1.00 bits per heavy atom. The van der Waals surface area contributed by atoms with Crippen molar-refractivity contribution in [2.45, 2.75) is 19.5 Å². The Morgan fingerprint density at radius 2 is 1.56 bits per heavy atom. The second kappa shape index (κ2) is 10.5. The van der Waals surface area contributed by atoms with Gasteiger partial charge >= 0.3 is 10.2 Å². The van der Waals surface area contributed by atoms with E-state index in [1.54, 1.807) is 6.07 Å². The first-order chi connectivity index (χ1) is 15.0. The minimum Gasteiger partial charge on any atom is -0.357 e. The Bertz CT molecular complexity index is 1080. The van der Waals surface area contributed by atoms with E-state index < -0.39 is 46.2 Å². The fourth-order valence-corrected chi connectivity index (χ4v) is 4.02. The maximum atomic E-state index is 14.5. The van der Waals surface area contributed by atoms with E-state index in [4.69, 9.17) is 0 Å². The van der Waals surface area contributed by atoms with Crippen molar-refractivity contribution < 1.29 is 26.8 Å². The van der Waals surface area contributed by atoms with Crippen LogP contribution in [0.3, 0.4) is 0 Å². The molecular formula is C21H26F2N4O4S. The fourth-order valence-electron chi connectivity index (χ4n) is 2.96. The van der Waals surface area contributed by atoms with Gasteiger partial charge < -0.3 is 10.2 Å². The van der Waals surface area contributed by atoms with Gasteiger partial charge in [-0.05, 0) is 25.1 Å². The fraction of sp³-hybridized carbons (Fsp3) is 0.333. The van der Waals surface area contributed by atoms with E-state index in [1.807, 2.05) is 0 Å². The second-order valence-corrected chi connectivity index (χ2v) is 9.22. The van der Waals surface area contributed by atoms with Crippen LogP contribution < -0.4 is 9.62 Å². The Kier molecular flexibility index (Phi) is 8.28. The van der Waals surface area contributed by atoms with Gasteiger partial charge in [-0.1, -0.05) is 30.3 Å². The van der Waals surface area contributed by atoms with Crippen molar-refractivity contribution in [1.29, 1.82) is 0 Å². The van der Waals surface area contributed by atoms with Gasteiger partial charge in [0.2, 0.25) is 11.8 Å². The second-order valence-electron chi connectivity index (χ2n) is 7.15. The van der Waals surface area contributed by atoms with Crippen LogP contribution in [0.25, 0.3) is 0 Å². The van der Waals surface area contributed by atoms with Gasteiger partial charge in [-0.3, -0.25) is 9.59 Å². The molecule has 0 fully saturated rings. The quantitative estimate of drug-likeness (QED) is 0.607. The molecule has 0 heterocycles. The van der Waals surface area contributed by atoms with Gasteiger partial charge in [-0.2, -0.15) is 12.7 Å². The number of nitrogens with one attached hydrogen (secondary N) is 1. The average molecular weight is 469 g/mol. The lowest BCUT2D eigenvalue weighted by molar-refractivity contribution is -0.139. The number of carbonyl (C=O) groups is 2. The molecule has 0 aromatic heterocycles. The van der Waals surface area contributed by atoms with Crippen LogP contribution in [-0.4, -0.2) is 63.2 Å². The monoisotopic (exact) mass is 468 g/mol. The van der Waals surface area contributed by atoms with Gasteiger partial charge in [0.1, 0.15) is 24.2 Å². The number of amides is 2. The van der Waals surface area contributed by atoms with Gasteiger partial charge in [0.15, 0.2) is 0 Å². The molecular weight excluding hydrogens is 442 g/mol. The first-order valence-corrected chi connectivity index (χ1v) is 11.1. The van der Waals surface area contributed by atoms with Crippen LogP contribution in [0.15, 0.2) is 48.5 Å². The zero-order chi connectivity index (χ0) is 24.1. The highest BCUT2D eigenvalue weighted by Crippen LogP contribution is 2.24. The summed E-state index contributed by atoms with van der Waals surface area (Å²) in [6.07, 6.45) is 0. The van der Waals surface area contributed by atoms with Crippen molar-refractivity contribution in [3.63, 3.8) is 0 Å². The van der Waals surface area contributed by atoms with Gasteiger partial charge in [-0.25, -0.2) is 13.1 Å². The smallest absolute Gasteiger partial charge is 0.304 e. The number of anilines is 1. The van der Waals surface area contributed by atoms with Gasteiger partial charge in [0.05, 0.1) is 5.69 Å². The molecule has 0 aliphatic heterocycles. The van der Waals surface area contributed by atoms with Crippen molar-refractivity contribution in [2.75, 3.05) is 32.0 Å². The predicted molar refractivity (Wildman–Crippen MR) is 117 cm³/mol. The summed E-state index contributed by atoms with van der Waals surface area (Å²) in [5.41, 5.74) is -0.183. The van der Waals surface area contributed by atoms with Crippen molar-refractivity contribution >= 4 is 27.7 Å². The average Bonchev–Trinajstić information content (AvgIpc) is 2.76. The van der Waals surface area contributed by atoms with E-state index in [0.717, 1.165) is 15.3 Å². The number of hydrogen-bond donors (Lipinski definition) is 1. The summed E-state index contributed by atoms with van der Waals surface area (Å²) in [6.45, 7) is 0.357. The number of carbonyl (C=O) groups excluding carboxylic acids is 2. The number of hydrogen-bond acceptors (Lipinski definition) is 4. The highest BCUT2D eigenvalue weighted by atomic mass is 32.2. The zero-order valence-corrected chi connectivity index (χ0v) is 19.1. The summed E-state index contributed by atoms with van der Waals surface area (Å²) >= 11 is 0. The largest absolute Gasteiger partial charge is 0.357 e. The summed E-state index contributed by atoms with van der Waals surface area (Å²) in [4.78, 5) is 26.6. The van der Waals surface area contributed by atoms with Crippen LogP contribution in [0.5, 0.6) is 0 Å². The molecule has 11 heteroatoms. The molecule has 0 unspecified atom stereocenters. The van der Waals surface area contributed by atoms with E-state index in [1.165, 1.54) is 64.5 Å². The third-order valence-electron chi connectivity index (χ3n) is 4.85. The van der Waals surface area contributed by atoms with E-state index in [2.05, 4.69) is 5.32 Å². The molecule has 174 valence electrons. The van der Waals surface area contributed by atoms with Crippen LogP contribution in [0.2, 0.25) is 0 Å². The summed E-state index contributed by atoms with van der Waals surface area (Å²) < 4.78 is 55.9. The highest BCUT2D eigenvalue weighted by molar-refractivity contribution is 7.90. The SMILES string of the molecule is CNC(=O)[C@@H](C)N(Cc1ccccc1F)C(=O)CN(c1ccccc1F)S(=O)(=O)N(C)C. The van der Waals surface area contributed by atoms with E-state index in [-0.39, 0.29) is 17.8 Å². The molecule has 2 amide bonds. The van der Waals surface area contributed by atoms with Gasteiger partial charge in [0, 0.05) is 33.3 Å². The summed E-state index contributed by atoms with van der Waals surface area (Å²) in [6, 6.07) is 9.81. The molecule has 8 nitrogen and oxygen atoms in total. The van der Waals surface area contributed by atoms with Crippen molar-refractivity contribution in [3.8, 4) is 0 Å². The number of benzene rings is 2. The Balaban J connectivity index is 2.48. The van der Waals surface area contributed by atoms with Crippen LogP contribution in [0.1, 0.15) is 12.5 Å². The number of nitrogens with zero attached hydrogens (tertiary/aromatic N) is 3. The highest BCUT2D eigenvalue weighted by Gasteiger charge is 2.33. The third-order valence-corrected chi connectivity index (χ3v) is 6.66. The van der Waals surface area contributed by atoms with E-state index in [9.17, 15) is 26.8 Å². The summed E-state index contributed by atoms with van der Waals surface area (Å²) in [7, 11) is -0.394. The number of para-hydroxylation sites is 1. The van der Waals surface area contributed by atoms with Crippen molar-refractivity contribution in [3.05, 3.63) is 65.7 Å². The Hall–Kier alpha value is -3.05. The maximum absolute atomic E-state index is 14.5. The number of halogens is 2. The molecule has 0 bridgehead atoms. The topological polar surface area (TPSA) is 90.0 Å². The van der Waals surface area contributed by atoms with Gasteiger partial charge in [-0.15, -0.1) is 0 Å². The molecule has 0 spiro atoms. The molecule has 0 saturated heterocycles. The lowest BCUT2D eigenvalue weighted by Gasteiger charge is -2.32. The minimum atomic E-state index is -4.27. The number of likely N-dealkylation sites (N-methyl/N-ethyl adjacent to an activating group) is 1. The first kappa shape index (κ1) is 25.2. The minimum absolute atomic E-state index is 0.143. The van der Waals surface area contributed by atoms with Crippen LogP contribution >= 0.6 is 0 Å². The molecule has 2 aromatic rings. The normalized spacial score (nSPS) is 12.3. The van der Waals surface area contributed by atoms with Crippen molar-refractivity contribution in [2.24, 2.45) is 0 Å². The molecule has 1 N–H and O–H groups in total. The summed E-state index contributed by atoms with van der Waals surface area (Å²) in [5, 5.41) is 2.42. The lowest BCUT2D eigenvalue weighted by Crippen LogP contribution is -2.52. The molecule has 1 atom stereocenters. The Labute approximate surface area is 186 Å². The van der Waals surface area contributed by atoms with Crippen LogP contribution in [0, 0.1) is 11.6 Å². The van der Waals surface area contributed by atoms with Crippen LogP contribution in [0.4, 0.5) is 14.5 Å². The lowest BCUT2D eigenvalue weighted by atomic mass is 10.1. The number of rotatable bonds is 9. The standard InChI is InChI=1S/C21H26F2N4O4S/c1-15(21(29)24-2)26(13-16-9-5-6-10-17(16)22)20(28)14-27(32(30,31)25(3)4)19-12-8-7-11-18(19)23/h5-12,15H,13-14H2,1-4H3,(H,24,29)/t15-/m1/s1. The maximum Gasteiger partial charge on any atom is 0.304 e. The van der Waals surface area contributed by atoms with Gasteiger partial charge in [0.25, 0.3) is 0 Å². The van der Waals surface area contributed by atoms with Crippen LogP contribution in [-0.2, 0) is 26.3 Å².